The number of rotatable bonds is 6. The Morgan fingerprint density at radius 3 is 2.52 bits per heavy atom. The lowest BCUT2D eigenvalue weighted by atomic mass is 10.0. The summed E-state index contributed by atoms with van der Waals surface area (Å²) in [5.74, 6) is 0.238. The Labute approximate surface area is 172 Å². The third-order valence-electron chi connectivity index (χ3n) is 4.23. The fourth-order valence-corrected chi connectivity index (χ4v) is 3.45. The van der Waals surface area contributed by atoms with Crippen molar-refractivity contribution in [3.05, 3.63) is 79.1 Å². The first-order valence-electron chi connectivity index (χ1n) is 9.06. The van der Waals surface area contributed by atoms with E-state index < -0.39 is 5.25 Å². The molecular formula is C22H18N4O2S. The van der Waals surface area contributed by atoms with Crippen molar-refractivity contribution in [3.8, 4) is 22.6 Å². The number of hydrogen-bond donors (Lipinski definition) is 1. The lowest BCUT2D eigenvalue weighted by Crippen LogP contribution is -2.22. The minimum Gasteiger partial charge on any atom is -0.411 e. The van der Waals surface area contributed by atoms with Crippen LogP contribution in [0, 0.1) is 0 Å². The fourth-order valence-electron chi connectivity index (χ4n) is 2.76. The monoisotopic (exact) mass is 402 g/mol. The Morgan fingerprint density at radius 1 is 0.966 bits per heavy atom. The van der Waals surface area contributed by atoms with E-state index in [1.54, 1.807) is 25.4 Å². The summed E-state index contributed by atoms with van der Waals surface area (Å²) < 4.78 is 5.65. The second kappa shape index (κ2) is 8.70. The highest BCUT2D eigenvalue weighted by Crippen LogP contribution is 2.30. The van der Waals surface area contributed by atoms with Crippen LogP contribution in [0.5, 0.6) is 0 Å². The summed E-state index contributed by atoms with van der Waals surface area (Å²) in [6, 6.07) is 21.3. The van der Waals surface area contributed by atoms with Crippen LogP contribution in [0.4, 0.5) is 5.69 Å². The van der Waals surface area contributed by atoms with Gasteiger partial charge in [-0.15, -0.1) is 10.2 Å². The number of anilines is 1. The Bertz CT molecular complexity index is 1100. The van der Waals surface area contributed by atoms with E-state index in [-0.39, 0.29) is 5.91 Å². The van der Waals surface area contributed by atoms with Gasteiger partial charge in [0.1, 0.15) is 0 Å². The number of hydrogen-bond acceptors (Lipinski definition) is 6. The van der Waals surface area contributed by atoms with Gasteiger partial charge in [-0.1, -0.05) is 60.3 Å². The van der Waals surface area contributed by atoms with E-state index in [2.05, 4.69) is 20.5 Å². The number of aromatic nitrogens is 3. The molecule has 0 aliphatic rings. The zero-order valence-electron chi connectivity index (χ0n) is 15.6. The summed E-state index contributed by atoms with van der Waals surface area (Å²) in [5.41, 5.74) is 3.51. The van der Waals surface area contributed by atoms with Gasteiger partial charge in [0.25, 0.3) is 5.22 Å². The number of para-hydroxylation sites is 1. The van der Waals surface area contributed by atoms with E-state index in [0.717, 1.165) is 22.4 Å². The van der Waals surface area contributed by atoms with Crippen molar-refractivity contribution in [1.82, 2.24) is 15.2 Å². The summed E-state index contributed by atoms with van der Waals surface area (Å²) >= 11 is 1.22. The quantitative estimate of drug-likeness (QED) is 0.461. The van der Waals surface area contributed by atoms with Gasteiger partial charge in [-0.2, -0.15) is 0 Å². The van der Waals surface area contributed by atoms with Gasteiger partial charge in [0.05, 0.1) is 10.8 Å². The fraction of sp³-hybridized carbons (Fsp3) is 0.0909. The molecule has 1 atom stereocenters. The maximum absolute atomic E-state index is 12.7. The number of thioether (sulfide) groups is 1. The van der Waals surface area contributed by atoms with Crippen molar-refractivity contribution in [3.63, 3.8) is 0 Å². The second-order valence-electron chi connectivity index (χ2n) is 6.28. The first-order chi connectivity index (χ1) is 14.2. The molecule has 0 aliphatic carbocycles. The number of amides is 1. The van der Waals surface area contributed by atoms with E-state index in [4.69, 9.17) is 4.42 Å². The molecule has 144 valence electrons. The highest BCUT2D eigenvalue weighted by Gasteiger charge is 2.20. The number of pyridine rings is 1. The van der Waals surface area contributed by atoms with E-state index in [1.807, 2.05) is 60.7 Å². The Balaban J connectivity index is 1.46. The Morgan fingerprint density at radius 2 is 1.72 bits per heavy atom. The highest BCUT2D eigenvalue weighted by molar-refractivity contribution is 8.00. The summed E-state index contributed by atoms with van der Waals surface area (Å²) in [4.78, 5) is 16.8. The van der Waals surface area contributed by atoms with Gasteiger partial charge in [0.15, 0.2) is 0 Å². The molecule has 0 aliphatic heterocycles. The molecule has 1 amide bonds. The lowest BCUT2D eigenvalue weighted by Gasteiger charge is -2.14. The van der Waals surface area contributed by atoms with Crippen LogP contribution in [0.1, 0.15) is 6.92 Å². The van der Waals surface area contributed by atoms with Crippen molar-refractivity contribution >= 4 is 23.4 Å². The summed E-state index contributed by atoms with van der Waals surface area (Å²) in [5, 5.41) is 11.0. The number of nitrogens with one attached hydrogen (secondary N) is 1. The van der Waals surface area contributed by atoms with Crippen LogP contribution < -0.4 is 5.32 Å². The average molecular weight is 402 g/mol. The molecule has 7 heteroatoms. The molecule has 4 aromatic rings. The number of nitrogens with zero attached hydrogens (tertiary/aromatic N) is 3. The first-order valence-corrected chi connectivity index (χ1v) is 9.94. The number of benzene rings is 2. The van der Waals surface area contributed by atoms with Crippen molar-refractivity contribution in [2.45, 2.75) is 17.4 Å². The zero-order valence-corrected chi connectivity index (χ0v) is 16.5. The molecule has 0 fully saturated rings. The normalized spacial score (nSPS) is 11.8. The molecule has 2 heterocycles. The minimum atomic E-state index is -0.416. The zero-order chi connectivity index (χ0) is 20.1. The lowest BCUT2D eigenvalue weighted by molar-refractivity contribution is -0.115. The topological polar surface area (TPSA) is 80.9 Å². The van der Waals surface area contributed by atoms with Crippen molar-refractivity contribution in [1.29, 1.82) is 0 Å². The van der Waals surface area contributed by atoms with Crippen LogP contribution in [0.25, 0.3) is 22.6 Å². The molecule has 0 saturated carbocycles. The molecule has 6 nitrogen and oxygen atoms in total. The van der Waals surface area contributed by atoms with Gasteiger partial charge in [0, 0.05) is 23.6 Å². The van der Waals surface area contributed by atoms with Crippen LogP contribution in [0.15, 0.2) is 88.8 Å². The van der Waals surface area contributed by atoms with Crippen molar-refractivity contribution < 1.29 is 9.21 Å². The predicted molar refractivity (Wildman–Crippen MR) is 113 cm³/mol. The van der Waals surface area contributed by atoms with E-state index in [0.29, 0.717) is 11.1 Å². The van der Waals surface area contributed by atoms with Crippen LogP contribution in [-0.2, 0) is 4.79 Å². The molecule has 0 bridgehead atoms. The summed E-state index contributed by atoms with van der Waals surface area (Å²) in [6.45, 7) is 1.80. The van der Waals surface area contributed by atoms with Gasteiger partial charge in [0.2, 0.25) is 11.8 Å². The molecule has 4 rings (SSSR count). The molecule has 29 heavy (non-hydrogen) atoms. The first kappa shape index (κ1) is 18.9. The highest BCUT2D eigenvalue weighted by atomic mass is 32.2. The summed E-state index contributed by atoms with van der Waals surface area (Å²) in [6.07, 6.45) is 3.33. The third kappa shape index (κ3) is 4.52. The Hall–Kier alpha value is -3.45. The molecule has 2 aromatic carbocycles. The average Bonchev–Trinajstić information content (AvgIpc) is 3.24. The number of carbonyl (C=O) groups excluding carboxylic acids is 1. The standard InChI is InChI=1S/C22H18N4O2S/c1-15(29-22-26-25-21(28-22)17-10-7-13-23-14-17)20(27)24-19-12-6-5-11-18(19)16-8-3-2-4-9-16/h2-15H,1H3,(H,24,27)/t15-/m1/s1. The Kier molecular flexibility index (Phi) is 5.67. The molecule has 0 spiro atoms. The molecule has 1 N–H and O–H groups in total. The van der Waals surface area contributed by atoms with E-state index >= 15 is 0 Å². The minimum absolute atomic E-state index is 0.139. The van der Waals surface area contributed by atoms with Crippen molar-refractivity contribution in [2.24, 2.45) is 0 Å². The van der Waals surface area contributed by atoms with Gasteiger partial charge in [-0.25, -0.2) is 0 Å². The van der Waals surface area contributed by atoms with Gasteiger partial charge >= 0.3 is 0 Å². The molecular weight excluding hydrogens is 384 g/mol. The summed E-state index contributed by atoms with van der Waals surface area (Å²) in [7, 11) is 0. The third-order valence-corrected chi connectivity index (χ3v) is 5.17. The maximum atomic E-state index is 12.7. The maximum Gasteiger partial charge on any atom is 0.277 e. The van der Waals surface area contributed by atoms with Gasteiger partial charge in [-0.3, -0.25) is 9.78 Å². The SMILES string of the molecule is C[C@@H](Sc1nnc(-c2cccnc2)o1)C(=O)Nc1ccccc1-c1ccccc1. The van der Waals surface area contributed by atoms with Crippen LogP contribution in [0.3, 0.4) is 0 Å². The smallest absolute Gasteiger partial charge is 0.277 e. The van der Waals surface area contributed by atoms with Gasteiger partial charge in [-0.05, 0) is 30.7 Å². The predicted octanol–water partition coefficient (Wildman–Crippen LogP) is 4.92. The molecule has 0 unspecified atom stereocenters. The van der Waals surface area contributed by atoms with Crippen LogP contribution in [-0.4, -0.2) is 26.3 Å². The molecule has 0 radical (unpaired) electrons. The molecule has 0 saturated heterocycles. The largest absolute Gasteiger partial charge is 0.411 e. The van der Waals surface area contributed by atoms with Crippen LogP contribution >= 0.6 is 11.8 Å². The molecule has 2 aromatic heterocycles. The van der Waals surface area contributed by atoms with Crippen molar-refractivity contribution in [2.75, 3.05) is 5.32 Å². The van der Waals surface area contributed by atoms with E-state index in [1.165, 1.54) is 11.8 Å². The van der Waals surface area contributed by atoms with Gasteiger partial charge < -0.3 is 9.73 Å². The number of carbonyl (C=O) groups is 1. The van der Waals surface area contributed by atoms with Crippen LogP contribution in [0.2, 0.25) is 0 Å². The second-order valence-corrected chi connectivity index (χ2v) is 7.57. The van der Waals surface area contributed by atoms with E-state index in [9.17, 15) is 4.79 Å².